The summed E-state index contributed by atoms with van der Waals surface area (Å²) in [7, 11) is -3.93. The van der Waals surface area contributed by atoms with Crippen LogP contribution in [0.3, 0.4) is 0 Å². The van der Waals surface area contributed by atoms with Crippen molar-refractivity contribution < 1.29 is 18.0 Å². The molecule has 0 spiro atoms. The van der Waals surface area contributed by atoms with E-state index in [1.54, 1.807) is 66.7 Å². The summed E-state index contributed by atoms with van der Waals surface area (Å²) in [5.41, 5.74) is 16.0. The number of rotatable bonds is 17. The van der Waals surface area contributed by atoms with Gasteiger partial charge in [-0.3, -0.25) is 15.0 Å². The van der Waals surface area contributed by atoms with Crippen molar-refractivity contribution in [3.63, 3.8) is 0 Å². The number of hydrogen-bond acceptors (Lipinski definition) is 6. The van der Waals surface area contributed by atoms with Gasteiger partial charge in [-0.1, -0.05) is 103 Å². The van der Waals surface area contributed by atoms with Crippen molar-refractivity contribution in [2.45, 2.75) is 56.6 Å². The van der Waals surface area contributed by atoms with E-state index in [0.717, 1.165) is 22.3 Å². The van der Waals surface area contributed by atoms with Crippen molar-refractivity contribution in [1.82, 2.24) is 15.4 Å². The second-order valence-corrected chi connectivity index (χ2v) is 13.7. The molecule has 48 heavy (non-hydrogen) atoms. The molecule has 0 aliphatic heterocycles. The fourth-order valence-corrected chi connectivity index (χ4v) is 6.67. The Kier molecular flexibility index (Phi) is 13.3. The average Bonchev–Trinajstić information content (AvgIpc) is 3.07. The highest BCUT2D eigenvalue weighted by molar-refractivity contribution is 7.88. The summed E-state index contributed by atoms with van der Waals surface area (Å²) in [5, 5.41) is 13.9. The monoisotopic (exact) mass is 688 g/mol. The van der Waals surface area contributed by atoms with E-state index in [2.05, 4.69) is 15.4 Å². The van der Waals surface area contributed by atoms with E-state index < -0.39 is 33.9 Å². The lowest BCUT2D eigenvalue weighted by atomic mass is 10.0. The highest BCUT2D eigenvalue weighted by Gasteiger charge is 2.29. The molecule has 12 heteroatoms. The van der Waals surface area contributed by atoms with Crippen LogP contribution in [0.5, 0.6) is 0 Å². The third kappa shape index (κ3) is 11.6. The third-order valence-corrected chi connectivity index (χ3v) is 9.35. The van der Waals surface area contributed by atoms with Gasteiger partial charge >= 0.3 is 0 Å². The van der Waals surface area contributed by atoms with Crippen LogP contribution >= 0.6 is 11.6 Å². The number of halogens is 1. The second-order valence-electron chi connectivity index (χ2n) is 11.6. The Morgan fingerprint density at radius 1 is 0.771 bits per heavy atom. The summed E-state index contributed by atoms with van der Waals surface area (Å²) < 4.78 is 29.1. The highest BCUT2D eigenvalue weighted by Crippen LogP contribution is 2.15. The van der Waals surface area contributed by atoms with Crippen molar-refractivity contribution in [3.8, 4) is 0 Å². The van der Waals surface area contributed by atoms with Crippen molar-refractivity contribution >= 4 is 39.3 Å². The molecule has 0 bridgehead atoms. The van der Waals surface area contributed by atoms with Crippen LogP contribution < -0.4 is 26.8 Å². The molecule has 2 amide bonds. The Hall–Kier alpha value is -4.55. The topological polar surface area (TPSA) is 180 Å². The van der Waals surface area contributed by atoms with Gasteiger partial charge in [-0.2, -0.15) is 0 Å². The lowest BCUT2D eigenvalue weighted by molar-refractivity contribution is -0.130. The molecule has 4 aromatic rings. The molecule has 252 valence electrons. The van der Waals surface area contributed by atoms with Gasteiger partial charge in [0.2, 0.25) is 21.8 Å². The summed E-state index contributed by atoms with van der Waals surface area (Å²) in [6, 6.07) is 28.2. The van der Waals surface area contributed by atoms with Gasteiger partial charge in [0.05, 0.1) is 5.75 Å². The number of amides is 2. The molecular weight excluding hydrogens is 648 g/mol. The number of carbonyl (C=O) groups is 2. The van der Waals surface area contributed by atoms with Gasteiger partial charge in [-0.05, 0) is 59.2 Å². The first kappa shape index (κ1) is 36.3. The van der Waals surface area contributed by atoms with Gasteiger partial charge in [0.15, 0.2) is 0 Å². The number of carbonyl (C=O) groups excluding carboxylic acids is 2. The zero-order chi connectivity index (χ0) is 34.5. The molecule has 4 aromatic carbocycles. The van der Waals surface area contributed by atoms with Crippen LogP contribution in [0.2, 0.25) is 5.02 Å². The van der Waals surface area contributed by atoms with Crippen molar-refractivity contribution in [2.24, 2.45) is 11.5 Å². The number of hydrogen-bond donors (Lipinski definition) is 6. The van der Waals surface area contributed by atoms with Crippen LogP contribution in [-0.4, -0.2) is 38.2 Å². The van der Waals surface area contributed by atoms with E-state index >= 15 is 0 Å². The SMILES string of the molecule is N=C(N)c1ccc(CNC(=O)C(Cc2cccc(CN)c2)NC(=O)C(CCCc2ccc(Cl)cc2)NS(=O)(=O)Cc2ccccc2)cc1. The van der Waals surface area contributed by atoms with E-state index in [-0.39, 0.29) is 31.0 Å². The minimum atomic E-state index is -3.93. The molecule has 2 unspecified atom stereocenters. The standard InChI is InChI=1S/C36H41ClN6O4S/c37-31-18-14-25(15-19-31)8-5-11-32(43-48(46,47)24-27-6-2-1-3-7-27)36(45)42-33(21-28-9-4-10-29(20-28)22-38)35(44)41-23-26-12-16-30(17-13-26)34(39)40/h1-4,6-7,9-10,12-20,32-33,43H,5,8,11,21-24,38H2,(H3,39,40)(H,41,44)(H,42,45). The Morgan fingerprint density at radius 2 is 1.42 bits per heavy atom. The zero-order valence-electron chi connectivity index (χ0n) is 26.5. The van der Waals surface area contributed by atoms with Crippen LogP contribution in [0.1, 0.15) is 46.2 Å². The smallest absolute Gasteiger partial charge is 0.243 e. The lowest BCUT2D eigenvalue weighted by Gasteiger charge is -2.24. The number of benzene rings is 4. The van der Waals surface area contributed by atoms with Gasteiger partial charge in [0.25, 0.3) is 0 Å². The molecule has 0 aliphatic carbocycles. The Bertz CT molecular complexity index is 1790. The molecule has 0 fully saturated rings. The maximum Gasteiger partial charge on any atom is 0.243 e. The molecule has 0 radical (unpaired) electrons. The van der Waals surface area contributed by atoms with Crippen molar-refractivity contribution in [1.29, 1.82) is 5.41 Å². The van der Waals surface area contributed by atoms with Crippen LogP contribution in [0, 0.1) is 5.41 Å². The Morgan fingerprint density at radius 3 is 2.08 bits per heavy atom. The highest BCUT2D eigenvalue weighted by atomic mass is 35.5. The first-order chi connectivity index (χ1) is 23.0. The van der Waals surface area contributed by atoms with E-state index in [0.29, 0.717) is 35.5 Å². The zero-order valence-corrected chi connectivity index (χ0v) is 28.1. The number of aryl methyl sites for hydroxylation is 1. The Balaban J connectivity index is 1.53. The quantitative estimate of drug-likeness (QED) is 0.0722. The predicted molar refractivity (Wildman–Crippen MR) is 190 cm³/mol. The molecular formula is C36H41ClN6O4S. The molecule has 4 rings (SSSR count). The fraction of sp³-hybridized carbons (Fsp3) is 0.250. The maximum absolute atomic E-state index is 13.9. The van der Waals surface area contributed by atoms with Crippen LogP contribution in [-0.2, 0) is 51.3 Å². The van der Waals surface area contributed by atoms with E-state index in [1.807, 2.05) is 36.4 Å². The van der Waals surface area contributed by atoms with Gasteiger partial charge in [0.1, 0.15) is 17.9 Å². The van der Waals surface area contributed by atoms with Crippen molar-refractivity contribution in [2.75, 3.05) is 0 Å². The minimum Gasteiger partial charge on any atom is -0.384 e. The first-order valence-corrected chi connectivity index (χ1v) is 17.6. The van der Waals surface area contributed by atoms with Crippen LogP contribution in [0.25, 0.3) is 0 Å². The van der Waals surface area contributed by atoms with E-state index in [1.165, 1.54) is 0 Å². The third-order valence-electron chi connectivity index (χ3n) is 7.74. The molecule has 0 aromatic heterocycles. The predicted octanol–water partition coefficient (Wildman–Crippen LogP) is 3.94. The number of amidine groups is 1. The lowest BCUT2D eigenvalue weighted by Crippen LogP contribution is -2.54. The first-order valence-electron chi connectivity index (χ1n) is 15.6. The summed E-state index contributed by atoms with van der Waals surface area (Å²) in [5.74, 6) is -1.41. The van der Waals surface area contributed by atoms with Gasteiger partial charge < -0.3 is 22.1 Å². The summed E-state index contributed by atoms with van der Waals surface area (Å²) in [6.45, 7) is 0.479. The number of nitrogen functional groups attached to an aromatic ring is 1. The Labute approximate surface area is 286 Å². The molecule has 0 saturated heterocycles. The minimum absolute atomic E-state index is 0.0600. The van der Waals surface area contributed by atoms with Gasteiger partial charge in [0, 0.05) is 30.1 Å². The largest absolute Gasteiger partial charge is 0.384 e. The molecule has 0 heterocycles. The molecule has 8 N–H and O–H groups in total. The van der Waals surface area contributed by atoms with E-state index in [9.17, 15) is 18.0 Å². The average molecular weight is 689 g/mol. The van der Waals surface area contributed by atoms with E-state index in [4.69, 9.17) is 28.5 Å². The molecule has 2 atom stereocenters. The summed E-state index contributed by atoms with van der Waals surface area (Å²) in [4.78, 5) is 27.5. The summed E-state index contributed by atoms with van der Waals surface area (Å²) >= 11 is 6.02. The molecule has 10 nitrogen and oxygen atoms in total. The van der Waals surface area contributed by atoms with Crippen LogP contribution in [0.15, 0.2) is 103 Å². The van der Waals surface area contributed by atoms with Crippen molar-refractivity contribution in [3.05, 3.63) is 142 Å². The molecule has 0 aliphatic rings. The second kappa shape index (κ2) is 17.6. The number of nitrogens with one attached hydrogen (secondary N) is 4. The van der Waals surface area contributed by atoms with Gasteiger partial charge in [-0.15, -0.1) is 0 Å². The van der Waals surface area contributed by atoms with Crippen LogP contribution in [0.4, 0.5) is 0 Å². The maximum atomic E-state index is 13.9. The molecule has 0 saturated carbocycles. The summed E-state index contributed by atoms with van der Waals surface area (Å²) in [6.07, 6.45) is 1.45. The van der Waals surface area contributed by atoms with Gasteiger partial charge in [-0.25, -0.2) is 13.1 Å². The normalized spacial score (nSPS) is 12.5. The number of nitrogens with two attached hydrogens (primary N) is 2. The number of sulfonamides is 1. The fourth-order valence-electron chi connectivity index (χ4n) is 5.17.